The zero-order valence-electron chi connectivity index (χ0n) is 29.3. The molecule has 0 radical (unpaired) electrons. The van der Waals surface area contributed by atoms with E-state index in [0.717, 1.165) is 0 Å². The predicted molar refractivity (Wildman–Crippen MR) is 235 cm³/mol. The Balaban J connectivity index is 1.40. The van der Waals surface area contributed by atoms with Crippen molar-refractivity contribution < 1.29 is 0 Å². The number of rotatable bonds is 2. The lowest BCUT2D eigenvalue weighted by Gasteiger charge is -2.19. The van der Waals surface area contributed by atoms with E-state index < -0.39 is 0 Å². The number of fused-ring (bicyclic) bond motifs is 15. The third-order valence-electron chi connectivity index (χ3n) is 12.5. The second-order valence-corrected chi connectivity index (χ2v) is 15.0. The van der Waals surface area contributed by atoms with Crippen LogP contribution in [0, 0.1) is 0 Å². The summed E-state index contributed by atoms with van der Waals surface area (Å²) in [6.07, 6.45) is 0. The molecule has 0 unspecified atom stereocenters. The summed E-state index contributed by atoms with van der Waals surface area (Å²) in [6, 6.07) is 68.4. The van der Waals surface area contributed by atoms with Gasteiger partial charge in [0, 0.05) is 0 Å². The highest BCUT2D eigenvalue weighted by atomic mass is 14.3. The third-order valence-corrected chi connectivity index (χ3v) is 12.5. The Morgan fingerprint density at radius 3 is 1.06 bits per heavy atom. The fraction of sp³-hybridized carbons (Fsp3) is 0. The summed E-state index contributed by atoms with van der Waals surface area (Å²) in [7, 11) is 0. The molecule has 13 aromatic rings. The summed E-state index contributed by atoms with van der Waals surface area (Å²) in [5.41, 5.74) is 5.13. The molecule has 54 heavy (non-hydrogen) atoms. The average Bonchev–Trinajstić information content (AvgIpc) is 3.74. The zero-order chi connectivity index (χ0) is 35.1. The Morgan fingerprint density at radius 1 is 0.167 bits per heavy atom. The lowest BCUT2D eigenvalue weighted by molar-refractivity contribution is 1.68. The second kappa shape index (κ2) is 10.3. The standard InChI is InChI=1S/C54H30/c1-3-15-31(16-4-1)47-45-29-43-37-23-10-8-21-35(37)39-25-13-27-41(50(39)43)52(45)48(32-17-5-2-6-18-32)53-42-28-14-26-40-49-38-24-12-11-20-34(38)33-19-7-9-22-36(33)44(49)30-46(51(40)42)54(47)53/h1-30H. The molecule has 0 aromatic heterocycles. The third kappa shape index (κ3) is 3.49. The largest absolute Gasteiger partial charge is 0.0622 e. The Bertz CT molecular complexity index is 3690. The number of benzene rings is 11. The maximum atomic E-state index is 2.54. The van der Waals surface area contributed by atoms with E-state index in [0.29, 0.717) is 0 Å². The fourth-order valence-electron chi connectivity index (χ4n) is 10.5. The molecule has 0 aliphatic heterocycles. The SMILES string of the molecule is c1ccc(-c2c3cc4c5ccccc5c5cccc(c3c(-c3ccccc3)c3c6cccc7c8c9ccccc9c9ccccc9c8cc(c23)c67)c54)cc1. The van der Waals surface area contributed by atoms with Crippen LogP contribution in [0.3, 0.4) is 0 Å². The summed E-state index contributed by atoms with van der Waals surface area (Å²) in [5.74, 6) is 0. The van der Waals surface area contributed by atoms with Gasteiger partial charge in [-0.25, -0.2) is 0 Å². The highest BCUT2D eigenvalue weighted by Gasteiger charge is 2.27. The van der Waals surface area contributed by atoms with Crippen molar-refractivity contribution in [2.75, 3.05) is 0 Å². The van der Waals surface area contributed by atoms with Crippen molar-refractivity contribution in [3.8, 4) is 22.3 Å². The molecule has 13 aromatic carbocycles. The minimum Gasteiger partial charge on any atom is -0.0622 e. The molecule has 0 N–H and O–H groups in total. The van der Waals surface area contributed by atoms with Crippen molar-refractivity contribution in [1.82, 2.24) is 0 Å². The van der Waals surface area contributed by atoms with E-state index in [1.54, 1.807) is 0 Å². The summed E-state index contributed by atoms with van der Waals surface area (Å²) in [4.78, 5) is 0. The van der Waals surface area contributed by atoms with Crippen LogP contribution in [0.25, 0.3) is 130 Å². The molecule has 0 spiro atoms. The van der Waals surface area contributed by atoms with Gasteiger partial charge in [0.05, 0.1) is 0 Å². The first-order valence-corrected chi connectivity index (χ1v) is 18.9. The van der Waals surface area contributed by atoms with E-state index in [9.17, 15) is 0 Å². The minimum absolute atomic E-state index is 1.25. The van der Waals surface area contributed by atoms with Crippen LogP contribution in [0.15, 0.2) is 182 Å². The van der Waals surface area contributed by atoms with Gasteiger partial charge in [0.25, 0.3) is 0 Å². The first-order valence-electron chi connectivity index (χ1n) is 18.9. The molecule has 13 rings (SSSR count). The lowest BCUT2D eigenvalue weighted by Crippen LogP contribution is -1.91. The van der Waals surface area contributed by atoms with E-state index in [2.05, 4.69) is 182 Å². The van der Waals surface area contributed by atoms with Crippen molar-refractivity contribution in [3.05, 3.63) is 182 Å². The Morgan fingerprint density at radius 2 is 0.500 bits per heavy atom. The van der Waals surface area contributed by atoms with Gasteiger partial charge in [0.1, 0.15) is 0 Å². The van der Waals surface area contributed by atoms with Crippen LogP contribution < -0.4 is 0 Å². The van der Waals surface area contributed by atoms with Gasteiger partial charge in [-0.3, -0.25) is 0 Å². The lowest BCUT2D eigenvalue weighted by atomic mass is 9.83. The number of hydrogen-bond donors (Lipinski definition) is 0. The van der Waals surface area contributed by atoms with Crippen molar-refractivity contribution in [1.29, 1.82) is 0 Å². The van der Waals surface area contributed by atoms with Crippen molar-refractivity contribution in [2.24, 2.45) is 0 Å². The quantitative estimate of drug-likeness (QED) is 0.160. The first kappa shape index (κ1) is 28.6. The molecular formula is C54H30. The van der Waals surface area contributed by atoms with Gasteiger partial charge in [0.2, 0.25) is 0 Å². The minimum atomic E-state index is 1.25. The molecule has 0 heteroatoms. The topological polar surface area (TPSA) is 0 Å². The van der Waals surface area contributed by atoms with Crippen LogP contribution in [0.1, 0.15) is 0 Å². The second-order valence-electron chi connectivity index (χ2n) is 15.0. The zero-order valence-corrected chi connectivity index (χ0v) is 29.3. The molecule has 246 valence electrons. The van der Waals surface area contributed by atoms with Crippen LogP contribution in [0.2, 0.25) is 0 Å². The maximum absolute atomic E-state index is 2.54. The van der Waals surface area contributed by atoms with Crippen LogP contribution >= 0.6 is 0 Å². The Hall–Kier alpha value is -7.02. The molecule has 0 amide bonds. The molecule has 0 nitrogen and oxygen atoms in total. The van der Waals surface area contributed by atoms with E-state index in [4.69, 9.17) is 0 Å². The van der Waals surface area contributed by atoms with Gasteiger partial charge in [-0.15, -0.1) is 0 Å². The molecule has 0 fully saturated rings. The van der Waals surface area contributed by atoms with Crippen molar-refractivity contribution in [3.63, 3.8) is 0 Å². The summed E-state index contributed by atoms with van der Waals surface area (Å²) in [5, 5.41) is 26.5. The fourth-order valence-corrected chi connectivity index (χ4v) is 10.5. The van der Waals surface area contributed by atoms with Crippen LogP contribution in [-0.4, -0.2) is 0 Å². The van der Waals surface area contributed by atoms with Crippen LogP contribution in [-0.2, 0) is 0 Å². The maximum Gasteiger partial charge on any atom is -0.000718 e. The first-order chi connectivity index (χ1) is 26.8. The summed E-state index contributed by atoms with van der Waals surface area (Å²) >= 11 is 0. The summed E-state index contributed by atoms with van der Waals surface area (Å²) < 4.78 is 0. The van der Waals surface area contributed by atoms with Gasteiger partial charge in [-0.2, -0.15) is 0 Å². The normalized spacial score (nSPS) is 12.4. The Labute approximate surface area is 310 Å². The van der Waals surface area contributed by atoms with E-state index in [-0.39, 0.29) is 0 Å². The number of hydrogen-bond acceptors (Lipinski definition) is 0. The molecule has 0 saturated heterocycles. The van der Waals surface area contributed by atoms with E-state index in [1.807, 2.05) is 0 Å². The van der Waals surface area contributed by atoms with E-state index >= 15 is 0 Å². The monoisotopic (exact) mass is 678 g/mol. The molecular weight excluding hydrogens is 649 g/mol. The van der Waals surface area contributed by atoms with Gasteiger partial charge in [-0.1, -0.05) is 170 Å². The highest BCUT2D eigenvalue weighted by Crippen LogP contribution is 2.56. The van der Waals surface area contributed by atoms with Gasteiger partial charge < -0.3 is 0 Å². The van der Waals surface area contributed by atoms with Gasteiger partial charge >= 0.3 is 0 Å². The Kier molecular flexibility index (Phi) is 5.45. The molecule has 0 aliphatic carbocycles. The smallest absolute Gasteiger partial charge is 0.000718 e. The average molecular weight is 679 g/mol. The van der Waals surface area contributed by atoms with Crippen LogP contribution in [0.4, 0.5) is 0 Å². The predicted octanol–water partition coefficient (Wildman–Crippen LogP) is 15.4. The van der Waals surface area contributed by atoms with Gasteiger partial charge in [-0.05, 0) is 142 Å². The highest BCUT2D eigenvalue weighted by molar-refractivity contribution is 6.47. The van der Waals surface area contributed by atoms with Crippen LogP contribution in [0.5, 0.6) is 0 Å². The van der Waals surface area contributed by atoms with Crippen molar-refractivity contribution in [2.45, 2.75) is 0 Å². The summed E-state index contributed by atoms with van der Waals surface area (Å²) in [6.45, 7) is 0. The molecule has 0 atom stereocenters. The molecule has 0 heterocycles. The molecule has 0 aliphatic rings. The molecule has 0 bridgehead atoms. The van der Waals surface area contributed by atoms with Crippen molar-refractivity contribution >= 4 is 108 Å². The van der Waals surface area contributed by atoms with E-state index in [1.165, 1.54) is 130 Å². The molecule has 0 saturated carbocycles. The van der Waals surface area contributed by atoms with Gasteiger partial charge in [0.15, 0.2) is 0 Å².